The van der Waals surface area contributed by atoms with Crippen LogP contribution in [0.4, 0.5) is 0 Å². The molecular weight excluding hydrogens is 242 g/mol. The fourth-order valence-corrected chi connectivity index (χ4v) is 1.55. The first-order valence-electron chi connectivity index (χ1n) is 6.40. The van der Waals surface area contributed by atoms with Crippen LogP contribution in [0.2, 0.25) is 0 Å². The summed E-state index contributed by atoms with van der Waals surface area (Å²) < 4.78 is 5.06. The quantitative estimate of drug-likeness (QED) is 0.584. The normalized spacial score (nSPS) is 12.4. The van der Waals surface area contributed by atoms with Gasteiger partial charge in [-0.2, -0.15) is 0 Å². The van der Waals surface area contributed by atoms with E-state index in [2.05, 4.69) is 5.32 Å². The third kappa shape index (κ3) is 6.62. The highest BCUT2D eigenvalue weighted by atomic mass is 16.5. The number of carbonyl (C=O) groups excluding carboxylic acids is 1. The molecule has 1 amide bonds. The molecule has 4 heteroatoms. The van der Waals surface area contributed by atoms with Crippen molar-refractivity contribution in [1.82, 2.24) is 5.32 Å². The molecule has 0 aliphatic heterocycles. The van der Waals surface area contributed by atoms with Crippen LogP contribution >= 0.6 is 0 Å². The molecule has 0 fully saturated rings. The van der Waals surface area contributed by atoms with Gasteiger partial charge in [0.25, 0.3) is 0 Å². The van der Waals surface area contributed by atoms with Gasteiger partial charge in [0.1, 0.15) is 5.75 Å². The summed E-state index contributed by atoms with van der Waals surface area (Å²) in [5.41, 5.74) is 0.944. The molecule has 19 heavy (non-hydrogen) atoms. The van der Waals surface area contributed by atoms with E-state index >= 15 is 0 Å². The Hall–Kier alpha value is -1.81. The number of benzene rings is 1. The Morgan fingerprint density at radius 1 is 1.42 bits per heavy atom. The van der Waals surface area contributed by atoms with Crippen molar-refractivity contribution >= 4 is 12.0 Å². The van der Waals surface area contributed by atoms with Gasteiger partial charge in [0.05, 0.1) is 13.2 Å². The van der Waals surface area contributed by atoms with E-state index in [0.29, 0.717) is 13.0 Å². The molecule has 1 atom stereocenters. The van der Waals surface area contributed by atoms with Crippen molar-refractivity contribution in [2.24, 2.45) is 0 Å². The zero-order valence-electron chi connectivity index (χ0n) is 11.4. The van der Waals surface area contributed by atoms with Gasteiger partial charge in [0.15, 0.2) is 0 Å². The van der Waals surface area contributed by atoms with E-state index < -0.39 is 0 Å². The Bertz CT molecular complexity index is 410. The third-order valence-corrected chi connectivity index (χ3v) is 2.64. The monoisotopic (exact) mass is 263 g/mol. The summed E-state index contributed by atoms with van der Waals surface area (Å²) >= 11 is 0. The van der Waals surface area contributed by atoms with E-state index in [1.807, 2.05) is 24.3 Å². The van der Waals surface area contributed by atoms with Gasteiger partial charge in [-0.25, -0.2) is 0 Å². The lowest BCUT2D eigenvalue weighted by atomic mass is 10.2. The summed E-state index contributed by atoms with van der Waals surface area (Å²) in [4.78, 5) is 11.5. The molecule has 0 aromatic heterocycles. The van der Waals surface area contributed by atoms with E-state index in [4.69, 9.17) is 9.84 Å². The van der Waals surface area contributed by atoms with Gasteiger partial charge in [-0.3, -0.25) is 4.79 Å². The molecule has 4 nitrogen and oxygen atoms in total. The minimum Gasteiger partial charge on any atom is -0.497 e. The van der Waals surface area contributed by atoms with Crippen molar-refractivity contribution in [2.75, 3.05) is 13.7 Å². The summed E-state index contributed by atoms with van der Waals surface area (Å²) in [5, 5.41) is 11.8. The maximum atomic E-state index is 11.5. The maximum absolute atomic E-state index is 11.5. The van der Waals surface area contributed by atoms with E-state index in [1.54, 1.807) is 20.1 Å². The van der Waals surface area contributed by atoms with Crippen LogP contribution in [-0.4, -0.2) is 30.8 Å². The molecule has 0 radical (unpaired) electrons. The number of hydrogen-bond donors (Lipinski definition) is 2. The molecule has 1 aromatic rings. The van der Waals surface area contributed by atoms with Crippen LogP contribution in [0, 0.1) is 0 Å². The first-order valence-corrected chi connectivity index (χ1v) is 6.40. The van der Waals surface area contributed by atoms with E-state index in [0.717, 1.165) is 17.7 Å². The first kappa shape index (κ1) is 15.2. The Balaban J connectivity index is 2.32. The smallest absolute Gasteiger partial charge is 0.243 e. The largest absolute Gasteiger partial charge is 0.497 e. The van der Waals surface area contributed by atoms with Crippen molar-refractivity contribution in [1.29, 1.82) is 0 Å². The second-order valence-corrected chi connectivity index (χ2v) is 4.39. The van der Waals surface area contributed by atoms with Crippen molar-refractivity contribution in [3.63, 3.8) is 0 Å². The van der Waals surface area contributed by atoms with Crippen LogP contribution in [-0.2, 0) is 4.79 Å². The van der Waals surface area contributed by atoms with E-state index in [-0.39, 0.29) is 12.0 Å². The number of nitrogens with one attached hydrogen (secondary N) is 1. The Labute approximate surface area is 114 Å². The highest BCUT2D eigenvalue weighted by molar-refractivity contribution is 5.91. The molecular formula is C15H21NO3. The predicted octanol–water partition coefficient (Wildman–Crippen LogP) is 1.99. The molecule has 0 heterocycles. The predicted molar refractivity (Wildman–Crippen MR) is 76.0 cm³/mol. The Morgan fingerprint density at radius 2 is 2.11 bits per heavy atom. The third-order valence-electron chi connectivity index (χ3n) is 2.64. The summed E-state index contributed by atoms with van der Waals surface area (Å²) in [6.07, 6.45) is 4.42. The standard InChI is InChI=1S/C15H21NO3/c1-12(17)4-3-11-16-15(18)10-7-13-5-8-14(19-2)9-6-13/h5-10,12,17H,3-4,11H2,1-2H3,(H,16,18)/b10-7+. The van der Waals surface area contributed by atoms with Gasteiger partial charge in [-0.1, -0.05) is 12.1 Å². The highest BCUT2D eigenvalue weighted by Crippen LogP contribution is 2.12. The van der Waals surface area contributed by atoms with Gasteiger partial charge in [0, 0.05) is 12.6 Å². The zero-order chi connectivity index (χ0) is 14.1. The number of carbonyl (C=O) groups is 1. The van der Waals surface area contributed by atoms with Crippen molar-refractivity contribution in [3.8, 4) is 5.75 Å². The van der Waals surface area contributed by atoms with Crippen LogP contribution < -0.4 is 10.1 Å². The van der Waals surface area contributed by atoms with Crippen molar-refractivity contribution < 1.29 is 14.6 Å². The lowest BCUT2D eigenvalue weighted by Crippen LogP contribution is -2.22. The average molecular weight is 263 g/mol. The Morgan fingerprint density at radius 3 is 2.68 bits per heavy atom. The van der Waals surface area contributed by atoms with Gasteiger partial charge < -0.3 is 15.2 Å². The van der Waals surface area contributed by atoms with Gasteiger partial charge in [-0.05, 0) is 43.5 Å². The number of rotatable bonds is 7. The number of methoxy groups -OCH3 is 1. The zero-order valence-corrected chi connectivity index (χ0v) is 11.4. The lowest BCUT2D eigenvalue weighted by molar-refractivity contribution is -0.116. The Kier molecular flexibility index (Phi) is 6.68. The minimum atomic E-state index is -0.313. The van der Waals surface area contributed by atoms with Crippen LogP contribution in [0.3, 0.4) is 0 Å². The fourth-order valence-electron chi connectivity index (χ4n) is 1.55. The molecule has 0 saturated heterocycles. The summed E-state index contributed by atoms with van der Waals surface area (Å²) in [7, 11) is 1.62. The summed E-state index contributed by atoms with van der Waals surface area (Å²) in [5.74, 6) is 0.668. The maximum Gasteiger partial charge on any atom is 0.243 e. The van der Waals surface area contributed by atoms with E-state index in [1.165, 1.54) is 6.08 Å². The fraction of sp³-hybridized carbons (Fsp3) is 0.400. The van der Waals surface area contributed by atoms with Gasteiger partial charge in [0.2, 0.25) is 5.91 Å². The molecule has 1 aromatic carbocycles. The molecule has 1 rings (SSSR count). The highest BCUT2D eigenvalue weighted by Gasteiger charge is 1.98. The topological polar surface area (TPSA) is 58.6 Å². The second-order valence-electron chi connectivity index (χ2n) is 4.39. The SMILES string of the molecule is COc1ccc(/C=C/C(=O)NCCCC(C)O)cc1. The summed E-state index contributed by atoms with van der Waals surface area (Å²) in [6, 6.07) is 7.46. The van der Waals surface area contributed by atoms with Gasteiger partial charge in [-0.15, -0.1) is 0 Å². The number of hydrogen-bond acceptors (Lipinski definition) is 3. The van der Waals surface area contributed by atoms with E-state index in [9.17, 15) is 4.79 Å². The first-order chi connectivity index (χ1) is 9.11. The van der Waals surface area contributed by atoms with Crippen LogP contribution in [0.5, 0.6) is 5.75 Å². The number of aliphatic hydroxyl groups excluding tert-OH is 1. The molecule has 0 spiro atoms. The number of aliphatic hydroxyl groups is 1. The molecule has 0 aliphatic rings. The molecule has 2 N–H and O–H groups in total. The minimum absolute atomic E-state index is 0.124. The van der Waals surface area contributed by atoms with Crippen molar-refractivity contribution in [2.45, 2.75) is 25.9 Å². The second kappa shape index (κ2) is 8.32. The van der Waals surface area contributed by atoms with Crippen molar-refractivity contribution in [3.05, 3.63) is 35.9 Å². The number of ether oxygens (including phenoxy) is 1. The van der Waals surface area contributed by atoms with Crippen LogP contribution in [0.1, 0.15) is 25.3 Å². The summed E-state index contributed by atoms with van der Waals surface area (Å²) in [6.45, 7) is 2.32. The average Bonchev–Trinajstić information content (AvgIpc) is 2.41. The number of amides is 1. The molecule has 0 aliphatic carbocycles. The molecule has 104 valence electrons. The molecule has 1 unspecified atom stereocenters. The molecule has 0 bridgehead atoms. The van der Waals surface area contributed by atoms with Crippen LogP contribution in [0.25, 0.3) is 6.08 Å². The molecule has 0 saturated carbocycles. The lowest BCUT2D eigenvalue weighted by Gasteiger charge is -2.04. The van der Waals surface area contributed by atoms with Gasteiger partial charge >= 0.3 is 0 Å². The van der Waals surface area contributed by atoms with Crippen LogP contribution in [0.15, 0.2) is 30.3 Å².